The Morgan fingerprint density at radius 1 is 1.26 bits per heavy atom. The molecule has 1 N–H and O–H groups in total. The van der Waals surface area contributed by atoms with Crippen molar-refractivity contribution in [2.45, 2.75) is 33.1 Å². The highest BCUT2D eigenvalue weighted by atomic mass is 16.5. The van der Waals surface area contributed by atoms with Crippen molar-refractivity contribution >= 4 is 12.0 Å². The number of likely N-dealkylation sites (tertiary alicyclic amines) is 1. The first kappa shape index (κ1) is 17.3. The largest absolute Gasteiger partial charge is 0.466 e. The van der Waals surface area contributed by atoms with E-state index in [4.69, 9.17) is 4.74 Å². The van der Waals surface area contributed by atoms with Gasteiger partial charge in [-0.3, -0.25) is 4.79 Å². The average Bonchev–Trinajstić information content (AvgIpc) is 2.57. The van der Waals surface area contributed by atoms with E-state index in [0.29, 0.717) is 39.1 Å². The summed E-state index contributed by atoms with van der Waals surface area (Å²) < 4.78 is 5.04. The summed E-state index contributed by atoms with van der Waals surface area (Å²) in [5, 5.41) is 2.97. The number of hydrogen-bond donors (Lipinski definition) is 1. The fourth-order valence-electron chi connectivity index (χ4n) is 2.88. The Labute approximate surface area is 138 Å². The third-order valence-electron chi connectivity index (χ3n) is 4.33. The zero-order chi connectivity index (χ0) is 16.7. The van der Waals surface area contributed by atoms with Crippen molar-refractivity contribution in [3.63, 3.8) is 0 Å². The lowest BCUT2D eigenvalue weighted by Crippen LogP contribution is -2.46. The van der Waals surface area contributed by atoms with Gasteiger partial charge in [0, 0.05) is 19.6 Å². The molecule has 0 atom stereocenters. The van der Waals surface area contributed by atoms with E-state index in [1.807, 2.05) is 19.1 Å². The summed E-state index contributed by atoms with van der Waals surface area (Å²) in [6.07, 6.45) is 2.20. The molecule has 5 heteroatoms. The number of carbonyl (C=O) groups is 2. The van der Waals surface area contributed by atoms with Gasteiger partial charge in [0.1, 0.15) is 0 Å². The molecule has 0 spiro atoms. The van der Waals surface area contributed by atoms with E-state index in [9.17, 15) is 9.59 Å². The smallest absolute Gasteiger partial charge is 0.317 e. The van der Waals surface area contributed by atoms with Gasteiger partial charge in [0.25, 0.3) is 0 Å². The second-order valence-corrected chi connectivity index (χ2v) is 5.92. The molecule has 1 aliphatic rings. The highest BCUT2D eigenvalue weighted by Crippen LogP contribution is 2.18. The van der Waals surface area contributed by atoms with E-state index in [2.05, 4.69) is 24.4 Å². The number of carbonyl (C=O) groups excluding carboxylic acids is 2. The Morgan fingerprint density at radius 3 is 2.61 bits per heavy atom. The summed E-state index contributed by atoms with van der Waals surface area (Å²) in [7, 11) is 0. The first-order valence-electron chi connectivity index (χ1n) is 8.35. The van der Waals surface area contributed by atoms with E-state index in [1.54, 1.807) is 4.90 Å². The molecule has 23 heavy (non-hydrogen) atoms. The summed E-state index contributed by atoms with van der Waals surface area (Å²) >= 11 is 0. The predicted octanol–water partition coefficient (Wildman–Crippen LogP) is 2.52. The molecular weight excluding hydrogens is 292 g/mol. The zero-order valence-corrected chi connectivity index (χ0v) is 14.0. The number of nitrogens with zero attached hydrogens (tertiary/aromatic N) is 1. The van der Waals surface area contributed by atoms with Gasteiger partial charge >= 0.3 is 12.0 Å². The minimum atomic E-state index is -0.132. The average molecular weight is 318 g/mol. The Morgan fingerprint density at radius 2 is 1.96 bits per heavy atom. The number of rotatable bonds is 5. The Bertz CT molecular complexity index is 537. The van der Waals surface area contributed by atoms with Crippen LogP contribution in [0.5, 0.6) is 0 Å². The topological polar surface area (TPSA) is 58.6 Å². The van der Waals surface area contributed by atoms with Crippen LogP contribution in [0.15, 0.2) is 24.3 Å². The molecule has 0 saturated carbocycles. The van der Waals surface area contributed by atoms with E-state index in [-0.39, 0.29) is 17.9 Å². The lowest BCUT2D eigenvalue weighted by molar-refractivity contribution is -0.149. The van der Waals surface area contributed by atoms with E-state index < -0.39 is 0 Å². The van der Waals surface area contributed by atoms with Crippen molar-refractivity contribution in [1.82, 2.24) is 10.2 Å². The fourth-order valence-corrected chi connectivity index (χ4v) is 2.88. The van der Waals surface area contributed by atoms with Crippen molar-refractivity contribution < 1.29 is 14.3 Å². The molecule has 2 amide bonds. The van der Waals surface area contributed by atoms with Crippen LogP contribution in [0.1, 0.15) is 30.9 Å². The molecule has 1 heterocycles. The van der Waals surface area contributed by atoms with Crippen molar-refractivity contribution in [2.75, 3.05) is 26.2 Å². The lowest BCUT2D eigenvalue weighted by atomic mass is 9.97. The van der Waals surface area contributed by atoms with Gasteiger partial charge in [-0.2, -0.15) is 0 Å². The maximum absolute atomic E-state index is 12.2. The number of piperidine rings is 1. The fraction of sp³-hybridized carbons (Fsp3) is 0.556. The third-order valence-corrected chi connectivity index (χ3v) is 4.33. The third kappa shape index (κ3) is 4.98. The highest BCUT2D eigenvalue weighted by molar-refractivity contribution is 5.76. The molecule has 0 bridgehead atoms. The molecule has 0 aliphatic carbocycles. The Hall–Kier alpha value is -2.04. The molecular formula is C18H26N2O3. The van der Waals surface area contributed by atoms with Gasteiger partial charge in [0.15, 0.2) is 0 Å². The summed E-state index contributed by atoms with van der Waals surface area (Å²) in [6.45, 7) is 6.16. The van der Waals surface area contributed by atoms with Crippen molar-refractivity contribution in [3.8, 4) is 0 Å². The second kappa shape index (κ2) is 8.56. The number of amides is 2. The van der Waals surface area contributed by atoms with E-state index >= 15 is 0 Å². The standard InChI is InChI=1S/C18H26N2O3/c1-3-23-17(21)16-9-12-20(13-10-16)18(22)19-11-8-15-7-5-4-6-14(15)2/h4-7,16H,3,8-13H2,1-2H3,(H,19,22). The van der Waals surface area contributed by atoms with E-state index in [1.165, 1.54) is 11.1 Å². The number of ether oxygens (including phenoxy) is 1. The molecule has 1 aliphatic heterocycles. The molecule has 1 aromatic carbocycles. The molecule has 1 saturated heterocycles. The van der Waals surface area contributed by atoms with Gasteiger partial charge in [-0.25, -0.2) is 4.79 Å². The lowest BCUT2D eigenvalue weighted by Gasteiger charge is -2.30. The van der Waals surface area contributed by atoms with Crippen LogP contribution in [-0.4, -0.2) is 43.1 Å². The van der Waals surface area contributed by atoms with Crippen LogP contribution in [0, 0.1) is 12.8 Å². The van der Waals surface area contributed by atoms with Gasteiger partial charge in [0.05, 0.1) is 12.5 Å². The number of nitrogens with one attached hydrogen (secondary N) is 1. The SMILES string of the molecule is CCOC(=O)C1CCN(C(=O)NCCc2ccccc2C)CC1. The van der Waals surface area contributed by atoms with Crippen LogP contribution in [0.25, 0.3) is 0 Å². The molecule has 1 aromatic rings. The molecule has 126 valence electrons. The summed E-state index contributed by atoms with van der Waals surface area (Å²) in [5.74, 6) is -0.196. The van der Waals surface area contributed by atoms with Crippen LogP contribution in [0.2, 0.25) is 0 Å². The maximum Gasteiger partial charge on any atom is 0.317 e. The maximum atomic E-state index is 12.2. The summed E-state index contributed by atoms with van der Waals surface area (Å²) in [6, 6.07) is 8.17. The summed E-state index contributed by atoms with van der Waals surface area (Å²) in [5.41, 5.74) is 2.51. The number of urea groups is 1. The van der Waals surface area contributed by atoms with Gasteiger partial charge in [-0.15, -0.1) is 0 Å². The quantitative estimate of drug-likeness (QED) is 0.849. The molecule has 0 radical (unpaired) electrons. The van der Waals surface area contributed by atoms with Crippen molar-refractivity contribution in [2.24, 2.45) is 5.92 Å². The minimum Gasteiger partial charge on any atom is -0.466 e. The van der Waals surface area contributed by atoms with Crippen molar-refractivity contribution in [1.29, 1.82) is 0 Å². The van der Waals surface area contributed by atoms with Crippen molar-refractivity contribution in [3.05, 3.63) is 35.4 Å². The van der Waals surface area contributed by atoms with Gasteiger partial charge < -0.3 is 15.0 Å². The monoisotopic (exact) mass is 318 g/mol. The molecule has 0 unspecified atom stereocenters. The Kier molecular flexibility index (Phi) is 6.44. The van der Waals surface area contributed by atoms with Crippen LogP contribution < -0.4 is 5.32 Å². The van der Waals surface area contributed by atoms with Gasteiger partial charge in [-0.05, 0) is 44.2 Å². The van der Waals surface area contributed by atoms with Crippen LogP contribution in [0.3, 0.4) is 0 Å². The summed E-state index contributed by atoms with van der Waals surface area (Å²) in [4.78, 5) is 25.7. The first-order valence-corrected chi connectivity index (χ1v) is 8.35. The number of hydrogen-bond acceptors (Lipinski definition) is 3. The number of aryl methyl sites for hydroxylation is 1. The zero-order valence-electron chi connectivity index (χ0n) is 14.0. The van der Waals surface area contributed by atoms with Crippen LogP contribution >= 0.6 is 0 Å². The molecule has 5 nitrogen and oxygen atoms in total. The number of benzene rings is 1. The molecule has 1 fully saturated rings. The first-order chi connectivity index (χ1) is 11.1. The van der Waals surface area contributed by atoms with E-state index in [0.717, 1.165) is 6.42 Å². The Balaban J connectivity index is 1.71. The normalized spacial score (nSPS) is 15.3. The molecule has 0 aromatic heterocycles. The minimum absolute atomic E-state index is 0.0408. The number of esters is 1. The molecule has 2 rings (SSSR count). The predicted molar refractivity (Wildman–Crippen MR) is 89.2 cm³/mol. The van der Waals surface area contributed by atoms with Crippen LogP contribution in [0.4, 0.5) is 4.79 Å². The highest BCUT2D eigenvalue weighted by Gasteiger charge is 2.27. The van der Waals surface area contributed by atoms with Gasteiger partial charge in [0.2, 0.25) is 0 Å². The van der Waals surface area contributed by atoms with Crippen LogP contribution in [-0.2, 0) is 16.0 Å². The van der Waals surface area contributed by atoms with Gasteiger partial charge in [-0.1, -0.05) is 24.3 Å². The second-order valence-electron chi connectivity index (χ2n) is 5.92.